The van der Waals surface area contributed by atoms with Crippen LogP contribution in [0.15, 0.2) is 36.5 Å². The summed E-state index contributed by atoms with van der Waals surface area (Å²) in [6.45, 7) is 2.97. The predicted molar refractivity (Wildman–Crippen MR) is 84.5 cm³/mol. The van der Waals surface area contributed by atoms with Gasteiger partial charge in [-0.15, -0.1) is 0 Å². The Labute approximate surface area is 132 Å². The van der Waals surface area contributed by atoms with Crippen molar-refractivity contribution in [2.75, 3.05) is 11.9 Å². The maximum absolute atomic E-state index is 11.5. The SMILES string of the molecule is CCOCc1cccc(Nc2ncc([N+](=O)[O-])cc2C(N)=O)c1. The Morgan fingerprint density at radius 2 is 2.22 bits per heavy atom. The third kappa shape index (κ3) is 4.24. The zero-order valence-electron chi connectivity index (χ0n) is 12.5. The van der Waals surface area contributed by atoms with E-state index in [0.717, 1.165) is 17.8 Å². The number of aromatic nitrogens is 1. The number of benzene rings is 1. The van der Waals surface area contributed by atoms with E-state index in [0.29, 0.717) is 18.9 Å². The molecule has 2 rings (SSSR count). The fourth-order valence-electron chi connectivity index (χ4n) is 1.94. The van der Waals surface area contributed by atoms with Crippen LogP contribution in [0.2, 0.25) is 0 Å². The van der Waals surface area contributed by atoms with Gasteiger partial charge in [0.25, 0.3) is 11.6 Å². The second-order valence-electron chi connectivity index (χ2n) is 4.67. The van der Waals surface area contributed by atoms with E-state index in [2.05, 4.69) is 10.3 Å². The fourth-order valence-corrected chi connectivity index (χ4v) is 1.94. The molecule has 0 aliphatic heterocycles. The minimum atomic E-state index is -0.797. The van der Waals surface area contributed by atoms with Gasteiger partial charge in [-0.05, 0) is 24.6 Å². The van der Waals surface area contributed by atoms with Gasteiger partial charge in [-0.25, -0.2) is 4.98 Å². The number of carbonyl (C=O) groups excluding carboxylic acids is 1. The summed E-state index contributed by atoms with van der Waals surface area (Å²) in [5.74, 6) is -0.633. The lowest BCUT2D eigenvalue weighted by Gasteiger charge is -2.10. The van der Waals surface area contributed by atoms with Crippen LogP contribution in [0.3, 0.4) is 0 Å². The Balaban J connectivity index is 2.29. The van der Waals surface area contributed by atoms with Gasteiger partial charge >= 0.3 is 0 Å². The molecule has 0 aliphatic rings. The molecule has 1 heterocycles. The topological polar surface area (TPSA) is 120 Å². The minimum absolute atomic E-state index is 0.0468. The van der Waals surface area contributed by atoms with Gasteiger partial charge in [-0.2, -0.15) is 0 Å². The van der Waals surface area contributed by atoms with Crippen LogP contribution in [-0.2, 0) is 11.3 Å². The lowest BCUT2D eigenvalue weighted by atomic mass is 10.2. The number of hydrogen-bond donors (Lipinski definition) is 2. The van der Waals surface area contributed by atoms with Crippen LogP contribution in [0.25, 0.3) is 0 Å². The molecule has 0 saturated carbocycles. The summed E-state index contributed by atoms with van der Waals surface area (Å²) in [4.78, 5) is 25.6. The lowest BCUT2D eigenvalue weighted by Crippen LogP contribution is -2.14. The first-order valence-corrected chi connectivity index (χ1v) is 6.89. The highest BCUT2D eigenvalue weighted by Crippen LogP contribution is 2.23. The molecule has 0 atom stereocenters. The molecule has 1 aromatic heterocycles. The highest BCUT2D eigenvalue weighted by molar-refractivity contribution is 5.98. The van der Waals surface area contributed by atoms with Crippen molar-refractivity contribution in [1.29, 1.82) is 0 Å². The van der Waals surface area contributed by atoms with Gasteiger partial charge in [-0.3, -0.25) is 14.9 Å². The summed E-state index contributed by atoms with van der Waals surface area (Å²) >= 11 is 0. The van der Waals surface area contributed by atoms with E-state index >= 15 is 0 Å². The summed E-state index contributed by atoms with van der Waals surface area (Å²) in [5.41, 5.74) is 6.54. The molecule has 120 valence electrons. The molecule has 0 radical (unpaired) electrons. The number of carbonyl (C=O) groups is 1. The second kappa shape index (κ2) is 7.32. The van der Waals surface area contributed by atoms with E-state index in [9.17, 15) is 14.9 Å². The van der Waals surface area contributed by atoms with Crippen molar-refractivity contribution >= 4 is 23.1 Å². The highest BCUT2D eigenvalue weighted by atomic mass is 16.6. The molecule has 1 aromatic carbocycles. The average Bonchev–Trinajstić information content (AvgIpc) is 2.53. The fraction of sp³-hybridized carbons (Fsp3) is 0.200. The van der Waals surface area contributed by atoms with Crippen LogP contribution < -0.4 is 11.1 Å². The lowest BCUT2D eigenvalue weighted by molar-refractivity contribution is -0.385. The molecular weight excluding hydrogens is 300 g/mol. The van der Waals surface area contributed by atoms with Crippen LogP contribution in [0.1, 0.15) is 22.8 Å². The smallest absolute Gasteiger partial charge is 0.288 e. The molecule has 23 heavy (non-hydrogen) atoms. The summed E-state index contributed by atoms with van der Waals surface area (Å²) in [5, 5.41) is 13.7. The number of primary amides is 1. The molecule has 8 heteroatoms. The molecule has 0 fully saturated rings. The highest BCUT2D eigenvalue weighted by Gasteiger charge is 2.16. The number of amides is 1. The van der Waals surface area contributed by atoms with Gasteiger partial charge in [0.05, 0.1) is 17.1 Å². The van der Waals surface area contributed by atoms with Crippen molar-refractivity contribution in [1.82, 2.24) is 4.98 Å². The van der Waals surface area contributed by atoms with Crippen molar-refractivity contribution in [3.8, 4) is 0 Å². The molecular formula is C15H16N4O4. The van der Waals surface area contributed by atoms with Crippen LogP contribution in [-0.4, -0.2) is 22.4 Å². The van der Waals surface area contributed by atoms with E-state index in [1.807, 2.05) is 25.1 Å². The molecule has 0 bridgehead atoms. The van der Waals surface area contributed by atoms with Crippen LogP contribution in [0.4, 0.5) is 17.2 Å². The molecule has 8 nitrogen and oxygen atoms in total. The number of nitro groups is 1. The molecule has 1 amide bonds. The first-order chi connectivity index (χ1) is 11.0. The van der Waals surface area contributed by atoms with E-state index in [-0.39, 0.29) is 17.1 Å². The molecule has 0 aliphatic carbocycles. The molecule has 0 spiro atoms. The summed E-state index contributed by atoms with van der Waals surface area (Å²) in [7, 11) is 0. The van der Waals surface area contributed by atoms with Crippen molar-refractivity contribution in [3.05, 3.63) is 57.8 Å². The maximum Gasteiger partial charge on any atom is 0.288 e. The predicted octanol–water partition coefficient (Wildman–Crippen LogP) is 2.37. The van der Waals surface area contributed by atoms with Gasteiger partial charge < -0.3 is 15.8 Å². The Kier molecular flexibility index (Phi) is 5.21. The Morgan fingerprint density at radius 1 is 1.43 bits per heavy atom. The van der Waals surface area contributed by atoms with Crippen LogP contribution in [0, 0.1) is 10.1 Å². The molecule has 2 aromatic rings. The Hall–Kier alpha value is -3.00. The molecule has 0 saturated heterocycles. The zero-order valence-corrected chi connectivity index (χ0v) is 12.5. The van der Waals surface area contributed by atoms with E-state index < -0.39 is 10.8 Å². The first kappa shape index (κ1) is 16.4. The second-order valence-corrected chi connectivity index (χ2v) is 4.67. The average molecular weight is 316 g/mol. The number of anilines is 2. The van der Waals surface area contributed by atoms with Crippen molar-refractivity contribution < 1.29 is 14.5 Å². The molecule has 3 N–H and O–H groups in total. The largest absolute Gasteiger partial charge is 0.377 e. The van der Waals surface area contributed by atoms with Gasteiger partial charge in [0.2, 0.25) is 0 Å². The van der Waals surface area contributed by atoms with Gasteiger partial charge in [-0.1, -0.05) is 12.1 Å². The van der Waals surface area contributed by atoms with Crippen LogP contribution >= 0.6 is 0 Å². The number of nitrogens with one attached hydrogen (secondary N) is 1. The number of nitrogens with zero attached hydrogens (tertiary/aromatic N) is 2. The summed E-state index contributed by atoms with van der Waals surface area (Å²) in [6, 6.07) is 8.44. The van der Waals surface area contributed by atoms with E-state index in [4.69, 9.17) is 10.5 Å². The van der Waals surface area contributed by atoms with Gasteiger partial charge in [0.15, 0.2) is 0 Å². The number of ether oxygens (including phenoxy) is 1. The Morgan fingerprint density at radius 3 is 2.87 bits per heavy atom. The van der Waals surface area contributed by atoms with E-state index in [1.165, 1.54) is 0 Å². The summed E-state index contributed by atoms with van der Waals surface area (Å²) in [6.07, 6.45) is 1.07. The first-order valence-electron chi connectivity index (χ1n) is 6.89. The molecule has 0 unspecified atom stereocenters. The number of nitrogens with two attached hydrogens (primary N) is 1. The van der Waals surface area contributed by atoms with Crippen molar-refractivity contribution in [2.45, 2.75) is 13.5 Å². The third-order valence-electron chi connectivity index (χ3n) is 3.01. The number of hydrogen-bond acceptors (Lipinski definition) is 6. The number of pyridine rings is 1. The van der Waals surface area contributed by atoms with Crippen molar-refractivity contribution in [2.24, 2.45) is 5.73 Å². The van der Waals surface area contributed by atoms with E-state index in [1.54, 1.807) is 6.07 Å². The van der Waals surface area contributed by atoms with Gasteiger partial charge in [0, 0.05) is 18.4 Å². The zero-order chi connectivity index (χ0) is 16.8. The maximum atomic E-state index is 11.5. The van der Waals surface area contributed by atoms with Crippen LogP contribution in [0.5, 0.6) is 0 Å². The number of rotatable bonds is 7. The quantitative estimate of drug-likeness (QED) is 0.597. The summed E-state index contributed by atoms with van der Waals surface area (Å²) < 4.78 is 5.34. The van der Waals surface area contributed by atoms with Gasteiger partial charge in [0.1, 0.15) is 12.0 Å². The minimum Gasteiger partial charge on any atom is -0.377 e. The Bertz CT molecular complexity index is 733. The third-order valence-corrected chi connectivity index (χ3v) is 3.01. The monoisotopic (exact) mass is 316 g/mol. The van der Waals surface area contributed by atoms with Crippen molar-refractivity contribution in [3.63, 3.8) is 0 Å². The normalized spacial score (nSPS) is 10.3. The standard InChI is InChI=1S/C15H16N4O4/c1-2-23-9-10-4-3-5-11(6-10)18-15-13(14(16)20)7-12(8-17-15)19(21)22/h3-8H,2,9H2,1H3,(H2,16,20)(H,17,18).